The Kier molecular flexibility index (Phi) is 3.20. The minimum Gasteiger partial charge on any atom is -0.394 e. The maximum Gasteiger partial charge on any atom is 0.148 e. The van der Waals surface area contributed by atoms with Crippen LogP contribution in [0.25, 0.3) is 0 Å². The number of hydrogen-bond donors (Lipinski definition) is 1. The van der Waals surface area contributed by atoms with Crippen LogP contribution in [-0.4, -0.2) is 41.4 Å². The van der Waals surface area contributed by atoms with E-state index in [-0.39, 0.29) is 30.0 Å². The minimum atomic E-state index is -0.0764. The first kappa shape index (κ1) is 12.6. The molecule has 4 rings (SSSR count). The molecule has 0 unspecified atom stereocenters. The van der Waals surface area contributed by atoms with Crippen LogP contribution in [0.1, 0.15) is 51.4 Å². The average Bonchev–Trinajstić information content (AvgIpc) is 3.20. The number of carbonyl (C=O) groups is 1. The van der Waals surface area contributed by atoms with Gasteiger partial charge in [-0.3, -0.25) is 0 Å². The summed E-state index contributed by atoms with van der Waals surface area (Å²) in [6.07, 6.45) is 10.1. The largest absolute Gasteiger partial charge is 0.394 e. The molecule has 4 fully saturated rings. The van der Waals surface area contributed by atoms with Gasteiger partial charge in [0, 0.05) is 0 Å². The minimum absolute atomic E-state index is 0.0764. The normalized spacial score (nSPS) is 37.4. The highest BCUT2D eigenvalue weighted by atomic mass is 16.5. The first-order valence-corrected chi connectivity index (χ1v) is 7.11. The third kappa shape index (κ3) is 2.60. The van der Waals surface area contributed by atoms with Crippen LogP contribution in [0.15, 0.2) is 0 Å². The van der Waals surface area contributed by atoms with Gasteiger partial charge in [0.2, 0.25) is 0 Å². The van der Waals surface area contributed by atoms with E-state index in [1.807, 2.05) is 0 Å². The van der Waals surface area contributed by atoms with Crippen LogP contribution in [0.3, 0.4) is 0 Å². The molecule has 1 N–H and O–H groups in total. The summed E-state index contributed by atoms with van der Waals surface area (Å²) in [6.45, 7) is 0.210. The summed E-state index contributed by atoms with van der Waals surface area (Å²) < 4.78 is 11.0. The molecule has 2 heterocycles. The molecule has 0 aromatic heterocycles. The van der Waals surface area contributed by atoms with Crippen molar-refractivity contribution in [3.05, 3.63) is 0 Å². The van der Waals surface area contributed by atoms with Gasteiger partial charge in [-0.2, -0.15) is 0 Å². The van der Waals surface area contributed by atoms with Crippen molar-refractivity contribution in [1.29, 1.82) is 0 Å². The lowest BCUT2D eigenvalue weighted by Crippen LogP contribution is -2.14. The van der Waals surface area contributed by atoms with E-state index < -0.39 is 0 Å². The van der Waals surface area contributed by atoms with E-state index >= 15 is 0 Å². The molecule has 2 aliphatic heterocycles. The molecule has 0 radical (unpaired) electrons. The van der Waals surface area contributed by atoms with E-state index in [0.717, 1.165) is 25.5 Å². The molecule has 4 nitrogen and oxygen atoms in total. The van der Waals surface area contributed by atoms with E-state index in [9.17, 15) is 4.79 Å². The first-order chi connectivity index (χ1) is 8.69. The monoisotopic (exact) mass is 254 g/mol. The zero-order chi connectivity index (χ0) is 12.6. The van der Waals surface area contributed by atoms with Gasteiger partial charge in [0.15, 0.2) is 0 Å². The predicted molar refractivity (Wildman–Crippen MR) is 65.3 cm³/mol. The Hall–Kier alpha value is -0.450. The van der Waals surface area contributed by atoms with Crippen molar-refractivity contribution in [1.82, 2.24) is 0 Å². The number of aldehydes is 1. The smallest absolute Gasteiger partial charge is 0.148 e. The summed E-state index contributed by atoms with van der Waals surface area (Å²) in [7, 11) is 0. The molecule has 2 saturated carbocycles. The highest BCUT2D eigenvalue weighted by molar-refractivity contribution is 5.56. The molecule has 18 heavy (non-hydrogen) atoms. The molecule has 2 atom stereocenters. The van der Waals surface area contributed by atoms with Gasteiger partial charge < -0.3 is 19.4 Å². The van der Waals surface area contributed by atoms with Gasteiger partial charge >= 0.3 is 0 Å². The zero-order valence-corrected chi connectivity index (χ0v) is 10.8. The van der Waals surface area contributed by atoms with Gasteiger partial charge in [-0.25, -0.2) is 0 Å². The van der Waals surface area contributed by atoms with E-state index in [1.54, 1.807) is 0 Å². The van der Waals surface area contributed by atoms with Crippen LogP contribution in [0, 0.1) is 0 Å². The van der Waals surface area contributed by atoms with Gasteiger partial charge in [0.1, 0.15) is 12.4 Å². The van der Waals surface area contributed by atoms with Crippen LogP contribution in [-0.2, 0) is 14.3 Å². The van der Waals surface area contributed by atoms with Gasteiger partial charge in [-0.15, -0.1) is 0 Å². The molecule has 0 amide bonds. The quantitative estimate of drug-likeness (QED) is 0.760. The molecule has 2 saturated heterocycles. The number of aliphatic hydroxyl groups is 1. The maximum atomic E-state index is 10.2. The fourth-order valence-electron chi connectivity index (χ4n) is 2.98. The summed E-state index contributed by atoms with van der Waals surface area (Å²) in [4.78, 5) is 10.2. The van der Waals surface area contributed by atoms with Crippen LogP contribution < -0.4 is 0 Å². The second-order valence-electron chi connectivity index (χ2n) is 6.16. The Labute approximate surface area is 108 Å². The maximum absolute atomic E-state index is 10.2. The Morgan fingerprint density at radius 2 is 1.61 bits per heavy atom. The second kappa shape index (κ2) is 4.58. The van der Waals surface area contributed by atoms with Crippen molar-refractivity contribution in [3.8, 4) is 0 Å². The van der Waals surface area contributed by atoms with Crippen molar-refractivity contribution in [2.24, 2.45) is 0 Å². The number of carbonyl (C=O) groups excluding carboxylic acids is 1. The lowest BCUT2D eigenvalue weighted by Gasteiger charge is -2.07. The standard InChI is InChI=1S/C7H12O2.C7H10O2/c2*8-5-6-1-2-7(9-6)3-4-7/h6,8H,1-5H2;5-6H,1-4H2/t2*6-/m00/s1. The zero-order valence-electron chi connectivity index (χ0n) is 10.8. The Morgan fingerprint density at radius 1 is 1.00 bits per heavy atom. The molecule has 0 bridgehead atoms. The lowest BCUT2D eigenvalue weighted by molar-refractivity contribution is -0.118. The molecule has 4 aliphatic rings. The molecule has 4 heteroatoms. The van der Waals surface area contributed by atoms with Crippen molar-refractivity contribution in [3.63, 3.8) is 0 Å². The fraction of sp³-hybridized carbons (Fsp3) is 0.929. The first-order valence-electron chi connectivity index (χ1n) is 7.11. The molecular weight excluding hydrogens is 232 g/mol. The third-order valence-electron chi connectivity index (χ3n) is 4.60. The van der Waals surface area contributed by atoms with Crippen molar-refractivity contribution < 1.29 is 19.4 Å². The van der Waals surface area contributed by atoms with E-state index in [0.29, 0.717) is 0 Å². The summed E-state index contributed by atoms with van der Waals surface area (Å²) in [5, 5.41) is 8.70. The summed E-state index contributed by atoms with van der Waals surface area (Å²) in [5.41, 5.74) is 0.443. The van der Waals surface area contributed by atoms with Crippen molar-refractivity contribution in [2.75, 3.05) is 6.61 Å². The van der Waals surface area contributed by atoms with Crippen LogP contribution in [0.2, 0.25) is 0 Å². The van der Waals surface area contributed by atoms with Crippen LogP contribution >= 0.6 is 0 Å². The Bertz CT molecular complexity index is 320. The number of aliphatic hydroxyl groups excluding tert-OH is 1. The Morgan fingerprint density at radius 3 is 1.94 bits per heavy atom. The van der Waals surface area contributed by atoms with Crippen molar-refractivity contribution >= 4 is 6.29 Å². The van der Waals surface area contributed by atoms with Crippen molar-refractivity contribution in [2.45, 2.75) is 74.8 Å². The molecule has 2 aliphatic carbocycles. The number of rotatable bonds is 2. The highest BCUT2D eigenvalue weighted by Crippen LogP contribution is 2.49. The van der Waals surface area contributed by atoms with Crippen LogP contribution in [0.5, 0.6) is 0 Å². The van der Waals surface area contributed by atoms with Crippen LogP contribution in [0.4, 0.5) is 0 Å². The van der Waals surface area contributed by atoms with E-state index in [4.69, 9.17) is 14.6 Å². The van der Waals surface area contributed by atoms with Gasteiger partial charge in [-0.1, -0.05) is 0 Å². The van der Waals surface area contributed by atoms with Gasteiger partial charge in [0.25, 0.3) is 0 Å². The molecule has 0 aromatic rings. The summed E-state index contributed by atoms with van der Waals surface area (Å²) in [6, 6.07) is 0. The van der Waals surface area contributed by atoms with Gasteiger partial charge in [0.05, 0.1) is 23.9 Å². The molecular formula is C14H22O4. The second-order valence-corrected chi connectivity index (χ2v) is 6.16. The SMILES string of the molecule is O=C[C@@H]1CCC2(CC2)O1.OC[C@@H]1CCC2(CC2)O1. The van der Waals surface area contributed by atoms with Gasteiger partial charge in [-0.05, 0) is 51.4 Å². The fourth-order valence-corrected chi connectivity index (χ4v) is 2.98. The van der Waals surface area contributed by atoms with E-state index in [2.05, 4.69) is 0 Å². The molecule has 0 aromatic carbocycles. The van der Waals surface area contributed by atoms with E-state index in [1.165, 1.54) is 32.1 Å². The molecule has 102 valence electrons. The summed E-state index contributed by atoms with van der Waals surface area (Å²) in [5.74, 6) is 0. The third-order valence-corrected chi connectivity index (χ3v) is 4.60. The number of ether oxygens (including phenoxy) is 2. The summed E-state index contributed by atoms with van der Waals surface area (Å²) >= 11 is 0. The lowest BCUT2D eigenvalue weighted by atomic mass is 10.2. The Balaban J connectivity index is 0.000000111. The number of hydrogen-bond acceptors (Lipinski definition) is 4. The topological polar surface area (TPSA) is 55.8 Å². The predicted octanol–water partition coefficient (Wildman–Crippen LogP) is 1.59. The highest BCUT2D eigenvalue weighted by Gasteiger charge is 2.50. The molecule has 2 spiro atoms. The average molecular weight is 254 g/mol.